The fraction of sp³-hybridized carbons (Fsp3) is 0.400. The molecule has 35 heavy (non-hydrogen) atoms. The van der Waals surface area contributed by atoms with E-state index in [-0.39, 0.29) is 5.78 Å². The molecule has 5 nitrogen and oxygen atoms in total. The Morgan fingerprint density at radius 3 is 2.37 bits per heavy atom. The number of rotatable bonds is 10. The Bertz CT molecular complexity index is 1170. The van der Waals surface area contributed by atoms with Gasteiger partial charge in [-0.25, -0.2) is 4.85 Å². The Kier molecular flexibility index (Phi) is 8.39. The van der Waals surface area contributed by atoms with Gasteiger partial charge >= 0.3 is 0 Å². The van der Waals surface area contributed by atoms with Crippen LogP contribution in [0, 0.1) is 13.5 Å². The summed E-state index contributed by atoms with van der Waals surface area (Å²) < 4.78 is 2.30. The second-order valence-electron chi connectivity index (χ2n) is 9.36. The molecule has 0 N–H and O–H groups in total. The molecule has 4 rings (SSSR count). The first-order valence-corrected chi connectivity index (χ1v) is 12.8. The van der Waals surface area contributed by atoms with Crippen molar-refractivity contribution in [2.45, 2.75) is 46.1 Å². The van der Waals surface area contributed by atoms with Gasteiger partial charge in [-0.15, -0.1) is 0 Å². The standard InChI is InChI=1S/C30H36N4O/c1-4-17-34-24(2)26(23-29(34)25-12-6-5-7-13-25)30(35)16-10-11-18-32-19-21-33(22-20-32)28-15-9-8-14-27(28)31-3/h5-9,12-15,23H,4,10-11,16-22H2,1-2H3. The maximum absolute atomic E-state index is 13.1. The topological polar surface area (TPSA) is 32.8 Å². The molecule has 3 aromatic rings. The molecule has 0 spiro atoms. The van der Waals surface area contributed by atoms with Gasteiger partial charge in [0.25, 0.3) is 0 Å². The lowest BCUT2D eigenvalue weighted by Gasteiger charge is -2.36. The third kappa shape index (κ3) is 5.83. The molecule has 1 aliphatic rings. The normalized spacial score (nSPS) is 14.1. The van der Waals surface area contributed by atoms with Gasteiger partial charge in [0.15, 0.2) is 5.78 Å². The van der Waals surface area contributed by atoms with Gasteiger partial charge in [0, 0.05) is 61.8 Å². The quantitative estimate of drug-likeness (QED) is 0.191. The molecular weight excluding hydrogens is 432 g/mol. The summed E-state index contributed by atoms with van der Waals surface area (Å²) in [6.07, 6.45) is 3.59. The number of benzene rings is 2. The largest absolute Gasteiger partial charge is 0.378 e. The molecule has 182 valence electrons. The van der Waals surface area contributed by atoms with Crippen LogP contribution >= 0.6 is 0 Å². The summed E-state index contributed by atoms with van der Waals surface area (Å²) in [5.74, 6) is 0.259. The van der Waals surface area contributed by atoms with Crippen molar-refractivity contribution >= 4 is 17.2 Å². The van der Waals surface area contributed by atoms with E-state index in [1.54, 1.807) is 0 Å². The number of unbranched alkanes of at least 4 members (excludes halogenated alkanes) is 1. The lowest BCUT2D eigenvalue weighted by Crippen LogP contribution is -2.46. The van der Waals surface area contributed by atoms with Crippen molar-refractivity contribution in [3.05, 3.63) is 83.3 Å². The van der Waals surface area contributed by atoms with E-state index in [4.69, 9.17) is 6.57 Å². The molecule has 0 saturated carbocycles. The van der Waals surface area contributed by atoms with Gasteiger partial charge in [0.1, 0.15) is 0 Å². The van der Waals surface area contributed by atoms with Gasteiger partial charge in [0.2, 0.25) is 5.69 Å². The van der Waals surface area contributed by atoms with Crippen LogP contribution in [0.3, 0.4) is 0 Å². The van der Waals surface area contributed by atoms with Crippen molar-refractivity contribution in [2.75, 3.05) is 37.6 Å². The van der Waals surface area contributed by atoms with Crippen molar-refractivity contribution in [1.29, 1.82) is 0 Å². The highest BCUT2D eigenvalue weighted by Crippen LogP contribution is 2.29. The average molecular weight is 469 g/mol. The molecule has 1 aliphatic heterocycles. The van der Waals surface area contributed by atoms with Crippen molar-refractivity contribution in [2.24, 2.45) is 0 Å². The van der Waals surface area contributed by atoms with Crippen molar-refractivity contribution < 1.29 is 4.79 Å². The van der Waals surface area contributed by atoms with Crippen molar-refractivity contribution in [1.82, 2.24) is 9.47 Å². The smallest absolute Gasteiger partial charge is 0.209 e. The SMILES string of the molecule is [C-]#[N+]c1ccccc1N1CCN(CCCCC(=O)c2cc(-c3ccccc3)n(CCC)c2C)CC1. The number of anilines is 1. The summed E-state index contributed by atoms with van der Waals surface area (Å²) in [5.41, 5.74) is 6.06. The van der Waals surface area contributed by atoms with Gasteiger partial charge < -0.3 is 9.47 Å². The summed E-state index contributed by atoms with van der Waals surface area (Å²) in [4.78, 5) is 21.6. The number of ketones is 1. The molecule has 2 aromatic carbocycles. The molecule has 0 aliphatic carbocycles. The maximum Gasteiger partial charge on any atom is 0.209 e. The number of hydrogen-bond acceptors (Lipinski definition) is 3. The van der Waals surface area contributed by atoms with E-state index >= 15 is 0 Å². The zero-order valence-electron chi connectivity index (χ0n) is 21.0. The van der Waals surface area contributed by atoms with E-state index in [0.717, 1.165) is 86.9 Å². The zero-order valence-corrected chi connectivity index (χ0v) is 21.0. The first kappa shape index (κ1) is 24.8. The van der Waals surface area contributed by atoms with Crippen LogP contribution in [0.4, 0.5) is 11.4 Å². The average Bonchev–Trinajstić information content (AvgIpc) is 3.23. The van der Waals surface area contributed by atoms with Gasteiger partial charge in [-0.1, -0.05) is 55.5 Å². The minimum atomic E-state index is 0.259. The van der Waals surface area contributed by atoms with Gasteiger partial charge in [-0.3, -0.25) is 9.69 Å². The number of para-hydroxylation sites is 2. The number of Topliss-reactive ketones (excluding diaryl/α,β-unsaturated/α-hetero) is 1. The van der Waals surface area contributed by atoms with Crippen LogP contribution in [-0.2, 0) is 6.54 Å². The molecule has 1 fully saturated rings. The Balaban J connectivity index is 1.28. The van der Waals surface area contributed by atoms with E-state index < -0.39 is 0 Å². The lowest BCUT2D eigenvalue weighted by atomic mass is 10.0. The van der Waals surface area contributed by atoms with Crippen LogP contribution in [-0.4, -0.2) is 48.0 Å². The number of nitrogens with zero attached hydrogens (tertiary/aromatic N) is 4. The van der Waals surface area contributed by atoms with Crippen molar-refractivity contribution in [3.63, 3.8) is 0 Å². The highest BCUT2D eigenvalue weighted by molar-refractivity contribution is 5.98. The highest BCUT2D eigenvalue weighted by atomic mass is 16.1. The number of aromatic nitrogens is 1. The summed E-state index contributed by atoms with van der Waals surface area (Å²) >= 11 is 0. The van der Waals surface area contributed by atoms with E-state index in [1.807, 2.05) is 30.3 Å². The molecule has 0 amide bonds. The Hall–Kier alpha value is -3.36. The summed E-state index contributed by atoms with van der Waals surface area (Å²) in [6.45, 7) is 17.5. The molecule has 2 heterocycles. The zero-order chi connectivity index (χ0) is 24.6. The Labute approximate surface area is 209 Å². The monoisotopic (exact) mass is 468 g/mol. The Morgan fingerprint density at radius 2 is 1.66 bits per heavy atom. The van der Waals surface area contributed by atoms with Gasteiger partial charge in [-0.2, -0.15) is 0 Å². The predicted molar refractivity (Wildman–Crippen MR) is 144 cm³/mol. The van der Waals surface area contributed by atoms with Crippen LogP contribution in [0.2, 0.25) is 0 Å². The summed E-state index contributed by atoms with van der Waals surface area (Å²) in [5, 5.41) is 0. The molecule has 5 heteroatoms. The van der Waals surface area contributed by atoms with Gasteiger partial charge in [-0.05, 0) is 50.4 Å². The van der Waals surface area contributed by atoms with E-state index in [9.17, 15) is 4.79 Å². The van der Waals surface area contributed by atoms with E-state index in [2.05, 4.69) is 63.4 Å². The summed E-state index contributed by atoms with van der Waals surface area (Å²) in [6, 6.07) is 20.4. The van der Waals surface area contributed by atoms with E-state index in [1.165, 1.54) is 5.56 Å². The molecule has 0 bridgehead atoms. The maximum atomic E-state index is 13.1. The van der Waals surface area contributed by atoms with Crippen LogP contribution in [0.15, 0.2) is 60.7 Å². The second kappa shape index (κ2) is 11.9. The number of carbonyl (C=O) groups is 1. The minimum Gasteiger partial charge on any atom is -0.378 e. The molecular formula is C30H36N4O. The number of hydrogen-bond donors (Lipinski definition) is 0. The van der Waals surface area contributed by atoms with Crippen LogP contribution < -0.4 is 4.90 Å². The van der Waals surface area contributed by atoms with E-state index in [0.29, 0.717) is 6.42 Å². The molecule has 1 aromatic heterocycles. The third-order valence-corrected chi connectivity index (χ3v) is 7.03. The second-order valence-corrected chi connectivity index (χ2v) is 9.36. The highest BCUT2D eigenvalue weighted by Gasteiger charge is 2.20. The summed E-state index contributed by atoms with van der Waals surface area (Å²) in [7, 11) is 0. The first-order chi connectivity index (χ1) is 17.1. The van der Waals surface area contributed by atoms with Crippen LogP contribution in [0.25, 0.3) is 16.1 Å². The third-order valence-electron chi connectivity index (χ3n) is 7.03. The molecule has 0 unspecified atom stereocenters. The lowest BCUT2D eigenvalue weighted by molar-refractivity contribution is 0.0977. The van der Waals surface area contributed by atoms with Crippen LogP contribution in [0.1, 0.15) is 48.7 Å². The fourth-order valence-electron chi connectivity index (χ4n) is 5.08. The number of piperazine rings is 1. The first-order valence-electron chi connectivity index (χ1n) is 12.8. The van der Waals surface area contributed by atoms with Crippen molar-refractivity contribution in [3.8, 4) is 11.3 Å². The van der Waals surface area contributed by atoms with Crippen LogP contribution in [0.5, 0.6) is 0 Å². The molecule has 1 saturated heterocycles. The van der Waals surface area contributed by atoms with Gasteiger partial charge in [0.05, 0.1) is 6.57 Å². The number of carbonyl (C=O) groups excluding carboxylic acids is 1. The molecule has 0 atom stereocenters. The Morgan fingerprint density at radius 1 is 0.943 bits per heavy atom. The molecule has 0 radical (unpaired) electrons. The minimum absolute atomic E-state index is 0.259. The predicted octanol–water partition coefficient (Wildman–Crippen LogP) is 6.60. The fourth-order valence-corrected chi connectivity index (χ4v) is 5.08.